The zero-order chi connectivity index (χ0) is 30.4. The maximum Gasteiger partial charge on any atom is 0.201 e. The van der Waals surface area contributed by atoms with Crippen molar-refractivity contribution >= 4 is 28.4 Å². The first-order chi connectivity index (χ1) is 22.3. The van der Waals surface area contributed by atoms with Gasteiger partial charge in [-0.1, -0.05) is 79.4 Å². The molecule has 1 atom stereocenters. The van der Waals surface area contributed by atoms with Gasteiger partial charge in [0.15, 0.2) is 24.8 Å². The highest BCUT2D eigenvalue weighted by Crippen LogP contribution is 2.51. The molecule has 0 radical (unpaired) electrons. The molecule has 4 heteroatoms. The number of fused-ring (bicyclic) bond motifs is 2. The first-order valence-electron chi connectivity index (χ1n) is 15.8. The Labute approximate surface area is 266 Å². The van der Waals surface area contributed by atoms with Gasteiger partial charge in [-0.2, -0.15) is 4.57 Å². The summed E-state index contributed by atoms with van der Waals surface area (Å²) in [4.78, 5) is 4.88. The molecule has 7 rings (SSSR count). The molecule has 3 heterocycles. The number of aromatic nitrogens is 2. The van der Waals surface area contributed by atoms with Crippen LogP contribution >= 0.6 is 0 Å². The number of hydrogen-bond acceptors (Lipinski definition) is 2. The highest BCUT2D eigenvalue weighted by atomic mass is 15.3. The summed E-state index contributed by atoms with van der Waals surface area (Å²) in [6, 6.07) is 47.6. The lowest BCUT2D eigenvalue weighted by Crippen LogP contribution is -2.38. The molecule has 0 spiro atoms. The van der Waals surface area contributed by atoms with Crippen molar-refractivity contribution in [2.24, 2.45) is 0 Å². The normalized spacial score (nSPS) is 12.7. The van der Waals surface area contributed by atoms with E-state index in [1.165, 1.54) is 45.1 Å². The summed E-state index contributed by atoms with van der Waals surface area (Å²) >= 11 is 0. The number of rotatable bonds is 10. The molecule has 1 unspecified atom stereocenters. The van der Waals surface area contributed by atoms with E-state index in [1.807, 2.05) is 12.1 Å². The van der Waals surface area contributed by atoms with Crippen LogP contribution in [0, 0.1) is 0 Å². The monoisotopic (exact) mass is 586 g/mol. The van der Waals surface area contributed by atoms with Crippen molar-refractivity contribution in [1.82, 2.24) is 0 Å². The second kappa shape index (κ2) is 13.0. The van der Waals surface area contributed by atoms with Gasteiger partial charge in [-0.3, -0.25) is 0 Å². The molecular formula is C41H38N4+2. The molecule has 1 aliphatic heterocycles. The summed E-state index contributed by atoms with van der Waals surface area (Å²) in [5, 5.41) is 0. The fraction of sp³-hybridized carbons (Fsp3) is 0.122. The van der Waals surface area contributed by atoms with Crippen molar-refractivity contribution in [2.75, 3.05) is 16.3 Å². The summed E-state index contributed by atoms with van der Waals surface area (Å²) in [7, 11) is 0. The largest absolute Gasteiger partial charge is 0.338 e. The van der Waals surface area contributed by atoms with Crippen LogP contribution in [0.3, 0.4) is 0 Å². The smallest absolute Gasteiger partial charge is 0.201 e. The summed E-state index contributed by atoms with van der Waals surface area (Å²) in [5.74, 6) is 0. The van der Waals surface area contributed by atoms with Gasteiger partial charge in [-0.15, -0.1) is 0 Å². The minimum absolute atomic E-state index is 0.118. The Balaban J connectivity index is 1.00. The maximum absolute atomic E-state index is 4.07. The molecular weight excluding hydrogens is 548 g/mol. The Kier molecular flexibility index (Phi) is 8.19. The third-order valence-corrected chi connectivity index (χ3v) is 8.65. The van der Waals surface area contributed by atoms with Gasteiger partial charge in [0.05, 0.1) is 22.7 Å². The highest BCUT2D eigenvalue weighted by Gasteiger charge is 2.28. The number of hydrogen-bond donors (Lipinski definition) is 0. The van der Waals surface area contributed by atoms with Crippen LogP contribution in [0.5, 0.6) is 0 Å². The van der Waals surface area contributed by atoms with E-state index < -0.39 is 0 Å². The van der Waals surface area contributed by atoms with Gasteiger partial charge in [0.25, 0.3) is 0 Å². The van der Waals surface area contributed by atoms with Gasteiger partial charge in [-0.25, -0.2) is 4.57 Å². The van der Waals surface area contributed by atoms with E-state index >= 15 is 0 Å². The lowest BCUT2D eigenvalue weighted by atomic mass is 10.1. The predicted molar refractivity (Wildman–Crippen MR) is 184 cm³/mol. The van der Waals surface area contributed by atoms with Crippen LogP contribution in [0.4, 0.5) is 28.4 Å². The summed E-state index contributed by atoms with van der Waals surface area (Å²) in [5.41, 5.74) is 9.79. The average Bonchev–Trinajstić information content (AvgIpc) is 3.11. The van der Waals surface area contributed by atoms with E-state index in [2.05, 4.69) is 178 Å². The summed E-state index contributed by atoms with van der Waals surface area (Å²) < 4.78 is 4.50. The van der Waals surface area contributed by atoms with E-state index in [1.54, 1.807) is 0 Å². The maximum atomic E-state index is 4.07. The molecule has 0 aliphatic carbocycles. The zero-order valence-corrected chi connectivity index (χ0v) is 25.5. The van der Waals surface area contributed by atoms with Crippen molar-refractivity contribution in [1.29, 1.82) is 0 Å². The first-order valence-corrected chi connectivity index (χ1v) is 15.8. The van der Waals surface area contributed by atoms with Crippen LogP contribution in [-0.4, -0.2) is 6.54 Å². The molecule has 1 aliphatic rings. The standard InChI is InChI=1S/C41H38N4/c1-2-37(35-15-5-3-6-16-35)43-31-25-34(26-32-43)33-23-29-42(30-24-33)27-13-14-28-44-38-19-9-11-21-40(38)45(36-17-7-4-8-18-36)41-22-12-10-20-39(41)44/h2-12,15-26,29-32,37H,1,13-14,27-28H2/q+2. The Morgan fingerprint density at radius 1 is 0.556 bits per heavy atom. The first kappa shape index (κ1) is 28.3. The molecule has 4 aromatic carbocycles. The molecule has 0 amide bonds. The minimum atomic E-state index is 0.118. The molecule has 0 N–H and O–H groups in total. The molecule has 4 nitrogen and oxygen atoms in total. The van der Waals surface area contributed by atoms with Gasteiger partial charge in [0.2, 0.25) is 6.04 Å². The Morgan fingerprint density at radius 3 is 1.64 bits per heavy atom. The van der Waals surface area contributed by atoms with Crippen molar-refractivity contribution in [3.63, 3.8) is 0 Å². The van der Waals surface area contributed by atoms with Crippen molar-refractivity contribution in [2.45, 2.75) is 25.4 Å². The Hall–Kier alpha value is -5.48. The quantitative estimate of drug-likeness (QED) is 0.0903. The lowest BCUT2D eigenvalue weighted by Gasteiger charge is -2.40. The van der Waals surface area contributed by atoms with Crippen LogP contribution in [-0.2, 0) is 6.54 Å². The number of anilines is 5. The highest BCUT2D eigenvalue weighted by molar-refractivity contribution is 5.97. The second-order valence-corrected chi connectivity index (χ2v) is 11.5. The van der Waals surface area contributed by atoms with E-state index in [0.717, 1.165) is 25.9 Å². The summed E-state index contributed by atoms with van der Waals surface area (Å²) in [6.07, 6.45) is 12.9. The van der Waals surface area contributed by atoms with Gasteiger partial charge in [-0.05, 0) is 60.0 Å². The molecule has 0 saturated heterocycles. The van der Waals surface area contributed by atoms with Gasteiger partial charge >= 0.3 is 0 Å². The van der Waals surface area contributed by atoms with Crippen molar-refractivity contribution < 1.29 is 9.13 Å². The van der Waals surface area contributed by atoms with E-state index in [4.69, 9.17) is 0 Å². The fourth-order valence-corrected chi connectivity index (χ4v) is 6.38. The van der Waals surface area contributed by atoms with E-state index in [0.29, 0.717) is 0 Å². The van der Waals surface area contributed by atoms with Gasteiger partial charge in [0, 0.05) is 48.5 Å². The minimum Gasteiger partial charge on any atom is -0.338 e. The topological polar surface area (TPSA) is 14.2 Å². The number of pyridine rings is 2. The average molecular weight is 587 g/mol. The molecule has 0 fully saturated rings. The number of nitrogens with zero attached hydrogens (tertiary/aromatic N) is 4. The number of unbranched alkanes of at least 4 members (excludes halogenated alkanes) is 1. The SMILES string of the molecule is C=CC(c1ccccc1)[n+]1ccc(-c2cc[n+](CCCCN3c4ccccc4N(c4ccccc4)c4ccccc43)cc2)cc1. The van der Waals surface area contributed by atoms with Crippen LogP contribution < -0.4 is 18.9 Å². The number of benzene rings is 4. The molecule has 6 aromatic rings. The van der Waals surface area contributed by atoms with Gasteiger partial charge < -0.3 is 9.80 Å². The van der Waals surface area contributed by atoms with Crippen LogP contribution in [0.15, 0.2) is 171 Å². The third-order valence-electron chi connectivity index (χ3n) is 8.65. The molecule has 45 heavy (non-hydrogen) atoms. The number of para-hydroxylation sites is 5. The molecule has 0 bridgehead atoms. The van der Waals surface area contributed by atoms with Crippen molar-refractivity contribution in [3.8, 4) is 11.1 Å². The van der Waals surface area contributed by atoms with Crippen molar-refractivity contribution in [3.05, 3.63) is 176 Å². The van der Waals surface area contributed by atoms with E-state index in [9.17, 15) is 0 Å². The predicted octanol–water partition coefficient (Wildman–Crippen LogP) is 9.11. The zero-order valence-electron chi connectivity index (χ0n) is 25.5. The second-order valence-electron chi connectivity index (χ2n) is 11.5. The van der Waals surface area contributed by atoms with E-state index in [-0.39, 0.29) is 6.04 Å². The molecule has 220 valence electrons. The molecule has 0 saturated carbocycles. The lowest BCUT2D eigenvalue weighted by molar-refractivity contribution is -0.703. The fourth-order valence-electron chi connectivity index (χ4n) is 6.38. The van der Waals surface area contributed by atoms with Crippen LogP contribution in [0.1, 0.15) is 24.4 Å². The Bertz CT molecular complexity index is 1820. The summed E-state index contributed by atoms with van der Waals surface area (Å²) in [6.45, 7) is 6.02. The van der Waals surface area contributed by atoms with Gasteiger partial charge in [0.1, 0.15) is 6.54 Å². The van der Waals surface area contributed by atoms with Crippen LogP contribution in [0.25, 0.3) is 11.1 Å². The Morgan fingerprint density at radius 2 is 1.07 bits per heavy atom. The van der Waals surface area contributed by atoms with Crippen LogP contribution in [0.2, 0.25) is 0 Å². The molecule has 2 aromatic heterocycles. The number of aryl methyl sites for hydroxylation is 1. The number of allylic oxidation sites excluding steroid dienone is 1. The third kappa shape index (κ3) is 5.87.